The van der Waals surface area contributed by atoms with Crippen LogP contribution in [-0.4, -0.2) is 17.6 Å². The van der Waals surface area contributed by atoms with Crippen LogP contribution in [0.2, 0.25) is 0 Å². The van der Waals surface area contributed by atoms with Gasteiger partial charge in [-0.15, -0.1) is 0 Å². The van der Waals surface area contributed by atoms with E-state index in [0.717, 1.165) is 16.9 Å². The van der Waals surface area contributed by atoms with Crippen LogP contribution in [0.25, 0.3) is 6.08 Å². The molecule has 130 valence electrons. The van der Waals surface area contributed by atoms with Gasteiger partial charge in [0.25, 0.3) is 0 Å². The molecule has 0 aliphatic carbocycles. The Morgan fingerprint density at radius 3 is 2.44 bits per heavy atom. The SMILES string of the molecule is CCOc1ccc(/C=C/C(=O)NC(=S)NCc2ccc(C)cc2)cc1. The number of hydrogen-bond donors (Lipinski definition) is 2. The minimum absolute atomic E-state index is 0.268. The van der Waals surface area contributed by atoms with Crippen molar-refractivity contribution in [2.75, 3.05) is 6.61 Å². The molecular weight excluding hydrogens is 332 g/mol. The summed E-state index contributed by atoms with van der Waals surface area (Å²) in [4.78, 5) is 11.9. The molecule has 1 amide bonds. The van der Waals surface area contributed by atoms with Crippen LogP contribution in [0.15, 0.2) is 54.6 Å². The van der Waals surface area contributed by atoms with Gasteiger partial charge in [0.2, 0.25) is 5.91 Å². The number of carbonyl (C=O) groups is 1. The first kappa shape index (κ1) is 18.7. The molecule has 0 spiro atoms. The molecule has 2 rings (SSSR count). The summed E-state index contributed by atoms with van der Waals surface area (Å²) in [5, 5.41) is 5.96. The predicted octanol–water partition coefficient (Wildman–Crippen LogP) is 3.60. The van der Waals surface area contributed by atoms with Gasteiger partial charge in [-0.05, 0) is 55.4 Å². The van der Waals surface area contributed by atoms with Gasteiger partial charge in [-0.2, -0.15) is 0 Å². The molecule has 0 fully saturated rings. The Bertz CT molecular complexity index is 737. The van der Waals surface area contributed by atoms with Crippen molar-refractivity contribution >= 4 is 29.3 Å². The summed E-state index contributed by atoms with van der Waals surface area (Å²) in [6.45, 7) is 5.18. The fourth-order valence-corrected chi connectivity index (χ4v) is 2.27. The molecule has 4 nitrogen and oxygen atoms in total. The Morgan fingerprint density at radius 2 is 1.80 bits per heavy atom. The maximum Gasteiger partial charge on any atom is 0.250 e. The topological polar surface area (TPSA) is 50.4 Å². The molecule has 0 aliphatic rings. The molecule has 25 heavy (non-hydrogen) atoms. The number of ether oxygens (including phenoxy) is 1. The zero-order valence-corrected chi connectivity index (χ0v) is 15.2. The molecule has 2 aromatic rings. The standard InChI is InChI=1S/C20H22N2O2S/c1-3-24-18-11-8-16(9-12-18)10-13-19(23)22-20(25)21-14-17-6-4-15(2)5-7-17/h4-13H,3,14H2,1-2H3,(H2,21,22,23,25)/b13-10+. The Labute approximate surface area is 153 Å². The number of hydrogen-bond acceptors (Lipinski definition) is 3. The zero-order valence-electron chi connectivity index (χ0n) is 14.4. The van der Waals surface area contributed by atoms with Crippen LogP contribution < -0.4 is 15.4 Å². The van der Waals surface area contributed by atoms with Gasteiger partial charge in [0.05, 0.1) is 6.61 Å². The maximum absolute atomic E-state index is 11.9. The lowest BCUT2D eigenvalue weighted by atomic mass is 10.1. The van der Waals surface area contributed by atoms with Crippen molar-refractivity contribution in [1.82, 2.24) is 10.6 Å². The van der Waals surface area contributed by atoms with Gasteiger partial charge < -0.3 is 10.1 Å². The van der Waals surface area contributed by atoms with Crippen LogP contribution in [0, 0.1) is 6.92 Å². The molecule has 0 heterocycles. The highest BCUT2D eigenvalue weighted by Gasteiger charge is 2.01. The number of thiocarbonyl (C=S) groups is 1. The van der Waals surface area contributed by atoms with Crippen molar-refractivity contribution in [3.63, 3.8) is 0 Å². The molecular formula is C20H22N2O2S. The molecule has 0 radical (unpaired) electrons. The van der Waals surface area contributed by atoms with Gasteiger partial charge in [-0.25, -0.2) is 0 Å². The quantitative estimate of drug-likeness (QED) is 0.615. The second-order valence-corrected chi connectivity index (χ2v) is 5.90. The lowest BCUT2D eigenvalue weighted by Crippen LogP contribution is -2.37. The summed E-state index contributed by atoms with van der Waals surface area (Å²) >= 11 is 5.14. The van der Waals surface area contributed by atoms with E-state index >= 15 is 0 Å². The summed E-state index contributed by atoms with van der Waals surface area (Å²) in [6, 6.07) is 15.7. The summed E-state index contributed by atoms with van der Waals surface area (Å²) in [5.41, 5.74) is 3.23. The Morgan fingerprint density at radius 1 is 1.12 bits per heavy atom. The first-order chi connectivity index (χ1) is 12.1. The van der Waals surface area contributed by atoms with Crippen LogP contribution >= 0.6 is 12.2 Å². The average Bonchev–Trinajstić information content (AvgIpc) is 2.61. The Hall–Kier alpha value is -2.66. The van der Waals surface area contributed by atoms with Crippen molar-refractivity contribution in [2.45, 2.75) is 20.4 Å². The fourth-order valence-electron chi connectivity index (χ4n) is 2.10. The third-order valence-corrected chi connectivity index (χ3v) is 3.68. The number of benzene rings is 2. The molecule has 5 heteroatoms. The normalized spacial score (nSPS) is 10.5. The summed E-state index contributed by atoms with van der Waals surface area (Å²) in [7, 11) is 0. The van der Waals surface area contributed by atoms with Crippen molar-refractivity contribution in [1.29, 1.82) is 0 Å². The summed E-state index contributed by atoms with van der Waals surface area (Å²) in [6.07, 6.45) is 3.18. The van der Waals surface area contributed by atoms with E-state index in [1.165, 1.54) is 11.6 Å². The fraction of sp³-hybridized carbons (Fsp3) is 0.200. The van der Waals surface area contributed by atoms with E-state index in [-0.39, 0.29) is 5.91 Å². The van der Waals surface area contributed by atoms with E-state index in [1.807, 2.05) is 62.4 Å². The second-order valence-electron chi connectivity index (χ2n) is 5.49. The van der Waals surface area contributed by atoms with Gasteiger partial charge in [0.15, 0.2) is 5.11 Å². The lowest BCUT2D eigenvalue weighted by molar-refractivity contribution is -0.115. The van der Waals surface area contributed by atoms with E-state index in [4.69, 9.17) is 17.0 Å². The smallest absolute Gasteiger partial charge is 0.250 e. The van der Waals surface area contributed by atoms with Crippen molar-refractivity contribution in [3.8, 4) is 5.75 Å². The monoisotopic (exact) mass is 354 g/mol. The molecule has 0 aliphatic heterocycles. The van der Waals surface area contributed by atoms with Gasteiger partial charge in [0.1, 0.15) is 5.75 Å². The molecule has 0 bridgehead atoms. The first-order valence-electron chi connectivity index (χ1n) is 8.12. The number of amides is 1. The van der Waals surface area contributed by atoms with Crippen LogP contribution in [0.5, 0.6) is 5.75 Å². The van der Waals surface area contributed by atoms with Gasteiger partial charge in [0, 0.05) is 12.6 Å². The van der Waals surface area contributed by atoms with Crippen LogP contribution in [0.4, 0.5) is 0 Å². The van der Waals surface area contributed by atoms with E-state index < -0.39 is 0 Å². The highest BCUT2D eigenvalue weighted by Crippen LogP contribution is 2.12. The highest BCUT2D eigenvalue weighted by molar-refractivity contribution is 7.80. The van der Waals surface area contributed by atoms with Crippen LogP contribution in [0.1, 0.15) is 23.6 Å². The minimum atomic E-state index is -0.268. The van der Waals surface area contributed by atoms with E-state index in [2.05, 4.69) is 10.6 Å². The largest absolute Gasteiger partial charge is 0.494 e. The minimum Gasteiger partial charge on any atom is -0.494 e. The third kappa shape index (κ3) is 6.77. The van der Waals surface area contributed by atoms with Gasteiger partial charge in [-0.3, -0.25) is 10.1 Å². The van der Waals surface area contributed by atoms with Crippen LogP contribution in [-0.2, 0) is 11.3 Å². The number of carbonyl (C=O) groups excluding carboxylic acids is 1. The second kappa shape index (κ2) is 9.59. The number of rotatable bonds is 6. The molecule has 0 unspecified atom stereocenters. The van der Waals surface area contributed by atoms with Crippen molar-refractivity contribution in [2.24, 2.45) is 0 Å². The number of nitrogens with one attached hydrogen (secondary N) is 2. The molecule has 0 saturated heterocycles. The van der Waals surface area contributed by atoms with Crippen molar-refractivity contribution in [3.05, 3.63) is 71.3 Å². The van der Waals surface area contributed by atoms with E-state index in [0.29, 0.717) is 18.3 Å². The number of aryl methyl sites for hydroxylation is 1. The lowest BCUT2D eigenvalue weighted by Gasteiger charge is -2.08. The van der Waals surface area contributed by atoms with Gasteiger partial charge in [-0.1, -0.05) is 42.0 Å². The van der Waals surface area contributed by atoms with Crippen molar-refractivity contribution < 1.29 is 9.53 Å². The zero-order chi connectivity index (χ0) is 18.1. The predicted molar refractivity (Wildman–Crippen MR) is 105 cm³/mol. The third-order valence-electron chi connectivity index (χ3n) is 3.43. The average molecular weight is 354 g/mol. The highest BCUT2D eigenvalue weighted by atomic mass is 32.1. The van der Waals surface area contributed by atoms with Gasteiger partial charge >= 0.3 is 0 Å². The molecule has 0 aromatic heterocycles. The maximum atomic E-state index is 11.9. The molecule has 2 aromatic carbocycles. The Kier molecular flexibility index (Phi) is 7.16. The Balaban J connectivity index is 1.78. The van der Waals surface area contributed by atoms with E-state index in [1.54, 1.807) is 6.08 Å². The molecule has 0 saturated carbocycles. The summed E-state index contributed by atoms with van der Waals surface area (Å²) < 4.78 is 5.38. The summed E-state index contributed by atoms with van der Waals surface area (Å²) in [5.74, 6) is 0.542. The molecule has 2 N–H and O–H groups in total. The first-order valence-corrected chi connectivity index (χ1v) is 8.53. The van der Waals surface area contributed by atoms with Crippen LogP contribution in [0.3, 0.4) is 0 Å². The molecule has 0 atom stereocenters. The van der Waals surface area contributed by atoms with E-state index in [9.17, 15) is 4.79 Å².